The number of aromatic nitrogens is 3. The van der Waals surface area contributed by atoms with E-state index in [1.807, 2.05) is 0 Å². The van der Waals surface area contributed by atoms with Gasteiger partial charge in [-0.1, -0.05) is 18.2 Å². The van der Waals surface area contributed by atoms with E-state index in [9.17, 15) is 14.3 Å². The van der Waals surface area contributed by atoms with Gasteiger partial charge in [0.15, 0.2) is 5.82 Å². The fraction of sp³-hybridized carbons (Fsp3) is 0.0625. The lowest BCUT2D eigenvalue weighted by atomic mass is 10.1. The molecule has 7 heteroatoms. The lowest BCUT2D eigenvalue weighted by Gasteiger charge is -2.03. The van der Waals surface area contributed by atoms with Crippen molar-refractivity contribution in [2.24, 2.45) is 0 Å². The number of ketones is 1. The highest BCUT2D eigenvalue weighted by Crippen LogP contribution is 2.23. The fourth-order valence-electron chi connectivity index (χ4n) is 2.11. The van der Waals surface area contributed by atoms with Crippen LogP contribution >= 0.6 is 0 Å². The number of aromatic amines is 1. The summed E-state index contributed by atoms with van der Waals surface area (Å²) in [5.74, 6) is -0.814. The topological polar surface area (TPSA) is 92.0 Å². The van der Waals surface area contributed by atoms with Gasteiger partial charge in [0, 0.05) is 12.5 Å². The molecule has 0 aliphatic rings. The maximum atomic E-state index is 13.7. The number of hydrogen-bond donors (Lipinski definition) is 2. The first-order valence-corrected chi connectivity index (χ1v) is 6.75. The predicted molar refractivity (Wildman–Crippen MR) is 79.2 cm³/mol. The largest absolute Gasteiger partial charge is 0.507 e. The van der Waals surface area contributed by atoms with Crippen LogP contribution < -0.4 is 0 Å². The van der Waals surface area contributed by atoms with Crippen LogP contribution in [-0.2, 0) is 6.42 Å². The number of aliphatic hydroxyl groups is 1. The minimum atomic E-state index is -0.530. The smallest absolute Gasteiger partial charge is 0.226 e. The van der Waals surface area contributed by atoms with Gasteiger partial charge in [0.2, 0.25) is 5.78 Å². The number of nitrogens with one attached hydrogen (secondary N) is 1. The minimum Gasteiger partial charge on any atom is -0.507 e. The molecular formula is C16H12FN3O3. The van der Waals surface area contributed by atoms with Crippen molar-refractivity contribution in [1.82, 2.24) is 15.2 Å². The predicted octanol–water partition coefficient (Wildman–Crippen LogP) is 2.91. The third-order valence-electron chi connectivity index (χ3n) is 3.25. The number of furan rings is 1. The van der Waals surface area contributed by atoms with Crippen molar-refractivity contribution in [2.75, 3.05) is 0 Å². The van der Waals surface area contributed by atoms with Crippen molar-refractivity contribution < 1.29 is 18.7 Å². The Balaban J connectivity index is 1.86. The first-order chi connectivity index (χ1) is 11.1. The third-order valence-corrected chi connectivity index (χ3v) is 3.25. The Morgan fingerprint density at radius 1 is 1.35 bits per heavy atom. The molecule has 0 bridgehead atoms. The number of carbonyl (C=O) groups is 1. The van der Waals surface area contributed by atoms with E-state index in [1.165, 1.54) is 24.7 Å². The Morgan fingerprint density at radius 2 is 2.17 bits per heavy atom. The van der Waals surface area contributed by atoms with Crippen LogP contribution in [-0.4, -0.2) is 26.1 Å². The van der Waals surface area contributed by atoms with E-state index < -0.39 is 5.78 Å². The highest BCUT2D eigenvalue weighted by molar-refractivity contribution is 6.05. The average molecular weight is 313 g/mol. The second-order valence-electron chi connectivity index (χ2n) is 4.75. The van der Waals surface area contributed by atoms with Crippen LogP contribution in [0.1, 0.15) is 27.5 Å². The van der Waals surface area contributed by atoms with E-state index in [0.717, 1.165) is 6.08 Å². The van der Waals surface area contributed by atoms with Gasteiger partial charge in [-0.2, -0.15) is 5.10 Å². The molecule has 0 aliphatic heterocycles. The van der Waals surface area contributed by atoms with Crippen LogP contribution in [0, 0.1) is 5.82 Å². The average Bonchev–Trinajstić information content (AvgIpc) is 3.20. The van der Waals surface area contributed by atoms with Crippen molar-refractivity contribution in [1.29, 1.82) is 0 Å². The highest BCUT2D eigenvalue weighted by atomic mass is 19.1. The summed E-state index contributed by atoms with van der Waals surface area (Å²) in [7, 11) is 0. The van der Waals surface area contributed by atoms with Gasteiger partial charge in [-0.3, -0.25) is 9.89 Å². The van der Waals surface area contributed by atoms with Gasteiger partial charge in [0.05, 0.1) is 11.8 Å². The number of halogens is 1. The summed E-state index contributed by atoms with van der Waals surface area (Å²) in [5, 5.41) is 16.1. The van der Waals surface area contributed by atoms with Crippen LogP contribution in [0.15, 0.2) is 53.4 Å². The Bertz CT molecular complexity index is 853. The summed E-state index contributed by atoms with van der Waals surface area (Å²) in [4.78, 5) is 15.6. The number of benzene rings is 1. The van der Waals surface area contributed by atoms with Crippen LogP contribution in [0.2, 0.25) is 0 Å². The Kier molecular flexibility index (Phi) is 4.01. The van der Waals surface area contributed by atoms with Crippen molar-refractivity contribution in [2.45, 2.75) is 6.42 Å². The maximum absolute atomic E-state index is 13.7. The molecule has 0 spiro atoms. The molecule has 0 amide bonds. The molecule has 0 radical (unpaired) electrons. The molecule has 1 aromatic carbocycles. The van der Waals surface area contributed by atoms with Gasteiger partial charge in [-0.15, -0.1) is 0 Å². The van der Waals surface area contributed by atoms with E-state index in [0.29, 0.717) is 16.9 Å². The number of H-pyrrole nitrogens is 1. The minimum absolute atomic E-state index is 0.00991. The van der Waals surface area contributed by atoms with E-state index in [-0.39, 0.29) is 23.8 Å². The molecule has 116 valence electrons. The third kappa shape index (κ3) is 3.18. The van der Waals surface area contributed by atoms with Crippen molar-refractivity contribution >= 4 is 11.5 Å². The van der Waals surface area contributed by atoms with Crippen LogP contribution in [0.25, 0.3) is 5.76 Å². The van der Waals surface area contributed by atoms with Gasteiger partial charge < -0.3 is 9.52 Å². The molecule has 2 heterocycles. The molecular weight excluding hydrogens is 301 g/mol. The van der Waals surface area contributed by atoms with Crippen molar-refractivity contribution in [3.63, 3.8) is 0 Å². The lowest BCUT2D eigenvalue weighted by Crippen LogP contribution is -2.00. The molecule has 3 aromatic rings. The van der Waals surface area contributed by atoms with Gasteiger partial charge in [-0.25, -0.2) is 9.37 Å². The molecule has 2 N–H and O–H groups in total. The van der Waals surface area contributed by atoms with E-state index in [2.05, 4.69) is 15.2 Å². The first-order valence-electron chi connectivity index (χ1n) is 6.75. The Hall–Kier alpha value is -3.22. The summed E-state index contributed by atoms with van der Waals surface area (Å²) in [6, 6.07) is 7.79. The lowest BCUT2D eigenvalue weighted by molar-refractivity contribution is 0.103. The normalized spacial score (nSPS) is 11.6. The van der Waals surface area contributed by atoms with Crippen LogP contribution in [0.4, 0.5) is 4.39 Å². The molecule has 0 saturated heterocycles. The Morgan fingerprint density at radius 3 is 2.91 bits per heavy atom. The zero-order valence-electron chi connectivity index (χ0n) is 11.9. The number of rotatable bonds is 5. The van der Waals surface area contributed by atoms with Gasteiger partial charge in [0.1, 0.15) is 23.7 Å². The Labute approximate surface area is 130 Å². The second-order valence-corrected chi connectivity index (χ2v) is 4.75. The monoisotopic (exact) mass is 313 g/mol. The zero-order valence-corrected chi connectivity index (χ0v) is 11.9. The summed E-state index contributed by atoms with van der Waals surface area (Å²) < 4.78 is 19.0. The number of hydrogen-bond acceptors (Lipinski definition) is 5. The molecule has 0 unspecified atom stereocenters. The second kappa shape index (κ2) is 6.27. The molecule has 3 rings (SSSR count). The summed E-state index contributed by atoms with van der Waals surface area (Å²) in [6.07, 6.45) is 3.73. The van der Waals surface area contributed by atoms with Crippen LogP contribution in [0.5, 0.6) is 0 Å². The molecule has 23 heavy (non-hydrogen) atoms. The van der Waals surface area contributed by atoms with Gasteiger partial charge >= 0.3 is 0 Å². The van der Waals surface area contributed by atoms with E-state index in [1.54, 1.807) is 18.2 Å². The summed E-state index contributed by atoms with van der Waals surface area (Å²) in [6.45, 7) is 0. The zero-order chi connectivity index (χ0) is 16.2. The molecule has 2 aromatic heterocycles. The summed E-state index contributed by atoms with van der Waals surface area (Å²) in [5.41, 5.74) is 0.749. The molecule has 0 saturated carbocycles. The quantitative estimate of drug-likeness (QED) is 0.429. The molecule has 0 aliphatic carbocycles. The molecule has 0 atom stereocenters. The number of aliphatic hydroxyl groups excluding tert-OH is 1. The van der Waals surface area contributed by atoms with Gasteiger partial charge in [-0.05, 0) is 17.7 Å². The maximum Gasteiger partial charge on any atom is 0.226 e. The number of nitrogens with zero attached hydrogens (tertiary/aromatic N) is 2. The summed E-state index contributed by atoms with van der Waals surface area (Å²) >= 11 is 0. The first kappa shape index (κ1) is 14.7. The van der Waals surface area contributed by atoms with Gasteiger partial charge in [0.25, 0.3) is 0 Å². The molecule has 0 fully saturated rings. The van der Waals surface area contributed by atoms with Crippen LogP contribution in [0.3, 0.4) is 0 Å². The fourth-order valence-corrected chi connectivity index (χ4v) is 2.11. The standard InChI is InChI=1S/C16H12FN3O3/c17-12-4-2-1-3-10(12)7-15-11(5-6-23-15)13(21)8-14(22)16-18-9-19-20-16/h1-6,8-9,21H,7H2,(H,18,19,20). The SMILES string of the molecule is O=C(C=C(O)c1ccoc1Cc1ccccc1F)c1ncn[nH]1. The highest BCUT2D eigenvalue weighted by Gasteiger charge is 2.15. The number of allylic oxidation sites excluding steroid dienone is 1. The van der Waals surface area contributed by atoms with Crippen molar-refractivity contribution in [3.05, 3.63) is 77.5 Å². The van der Waals surface area contributed by atoms with E-state index >= 15 is 0 Å². The molecule has 6 nitrogen and oxygen atoms in total. The number of carbonyl (C=O) groups excluding carboxylic acids is 1. The van der Waals surface area contributed by atoms with Crippen molar-refractivity contribution in [3.8, 4) is 0 Å². The van der Waals surface area contributed by atoms with E-state index in [4.69, 9.17) is 4.42 Å².